The molecule has 0 bridgehead atoms. The minimum atomic E-state index is 0.615. The van der Waals surface area contributed by atoms with Crippen molar-refractivity contribution in [2.75, 3.05) is 31.2 Å². The van der Waals surface area contributed by atoms with E-state index in [1.165, 1.54) is 0 Å². The van der Waals surface area contributed by atoms with Crippen LogP contribution in [0.4, 0.5) is 5.95 Å². The molecule has 3 rings (SSSR count). The molecule has 1 aromatic heterocycles. The van der Waals surface area contributed by atoms with Gasteiger partial charge in [-0.05, 0) is 12.1 Å². The molecule has 2 aromatic rings. The second-order valence-electron chi connectivity index (χ2n) is 3.86. The summed E-state index contributed by atoms with van der Waals surface area (Å²) in [7, 11) is 0. The minimum absolute atomic E-state index is 0.615. The van der Waals surface area contributed by atoms with E-state index in [1.807, 2.05) is 29.2 Å². The van der Waals surface area contributed by atoms with Crippen LogP contribution in [0.3, 0.4) is 0 Å². The van der Waals surface area contributed by atoms with Gasteiger partial charge < -0.3 is 9.94 Å². The number of fused-ring (bicyclic) bond motifs is 1. The summed E-state index contributed by atoms with van der Waals surface area (Å²) in [6.45, 7) is 2.87. The molecule has 2 heterocycles. The Labute approximate surface area is 92.8 Å². The Bertz CT molecular complexity index is 503. The molecule has 0 atom stereocenters. The van der Waals surface area contributed by atoms with Crippen LogP contribution in [0.25, 0.3) is 11.0 Å². The number of nitrogens with one attached hydrogen (secondary N) is 1. The summed E-state index contributed by atoms with van der Waals surface area (Å²) in [6, 6.07) is 7.52. The molecule has 1 aromatic carbocycles. The smallest absolute Gasteiger partial charge is 0.358 e. The van der Waals surface area contributed by atoms with Gasteiger partial charge in [0.15, 0.2) is 0 Å². The molecule has 0 saturated carbocycles. The van der Waals surface area contributed by atoms with Crippen molar-refractivity contribution in [3.05, 3.63) is 29.5 Å². The Balaban J connectivity index is 2.05. The maximum atomic E-state index is 12.0. The highest BCUT2D eigenvalue weighted by Crippen LogP contribution is 2.15. The first-order valence-electron chi connectivity index (χ1n) is 5.39. The third-order valence-electron chi connectivity index (χ3n) is 2.87. The normalized spacial score (nSPS) is 16.9. The van der Waals surface area contributed by atoms with Crippen LogP contribution in [0, 0.1) is 5.21 Å². The third kappa shape index (κ3) is 1.40. The molecule has 1 N–H and O–H groups in total. The molecule has 0 radical (unpaired) electrons. The van der Waals surface area contributed by atoms with Gasteiger partial charge in [0.25, 0.3) is 0 Å². The highest BCUT2D eigenvalue weighted by atomic mass is 16.5. The van der Waals surface area contributed by atoms with Crippen LogP contribution >= 0.6 is 0 Å². The SMILES string of the molecule is [O-][n+]1c(N2CCOCC2)[nH]c2ccccc21. The Morgan fingerprint density at radius 2 is 2.00 bits per heavy atom. The van der Waals surface area contributed by atoms with Gasteiger partial charge >= 0.3 is 5.95 Å². The highest BCUT2D eigenvalue weighted by molar-refractivity contribution is 5.73. The highest BCUT2D eigenvalue weighted by Gasteiger charge is 2.22. The van der Waals surface area contributed by atoms with E-state index in [0.717, 1.165) is 23.3 Å². The van der Waals surface area contributed by atoms with Gasteiger partial charge in [0.1, 0.15) is 11.0 Å². The third-order valence-corrected chi connectivity index (χ3v) is 2.87. The average Bonchev–Trinajstić information content (AvgIpc) is 2.69. The summed E-state index contributed by atoms with van der Waals surface area (Å²) in [4.78, 5) is 5.18. The van der Waals surface area contributed by atoms with E-state index < -0.39 is 0 Å². The number of aromatic amines is 1. The molecule has 16 heavy (non-hydrogen) atoms. The summed E-state index contributed by atoms with van der Waals surface area (Å²) in [6.07, 6.45) is 0. The zero-order chi connectivity index (χ0) is 11.0. The van der Waals surface area contributed by atoms with E-state index in [4.69, 9.17) is 4.74 Å². The van der Waals surface area contributed by atoms with Crippen molar-refractivity contribution in [3.8, 4) is 0 Å². The van der Waals surface area contributed by atoms with E-state index in [2.05, 4.69) is 4.98 Å². The molecule has 0 aliphatic carbocycles. The zero-order valence-corrected chi connectivity index (χ0v) is 8.85. The molecular weight excluding hydrogens is 206 g/mol. The maximum Gasteiger partial charge on any atom is 0.358 e. The van der Waals surface area contributed by atoms with Crippen molar-refractivity contribution in [1.29, 1.82) is 0 Å². The van der Waals surface area contributed by atoms with Gasteiger partial charge in [-0.15, -0.1) is 0 Å². The van der Waals surface area contributed by atoms with Gasteiger partial charge in [-0.1, -0.05) is 12.1 Å². The van der Waals surface area contributed by atoms with Crippen LogP contribution in [0.1, 0.15) is 0 Å². The zero-order valence-electron chi connectivity index (χ0n) is 8.85. The number of hydrogen-bond acceptors (Lipinski definition) is 3. The van der Waals surface area contributed by atoms with Gasteiger partial charge in [-0.2, -0.15) is 0 Å². The predicted molar refractivity (Wildman–Crippen MR) is 60.3 cm³/mol. The Hall–Kier alpha value is -1.75. The van der Waals surface area contributed by atoms with Crippen LogP contribution in [-0.4, -0.2) is 31.3 Å². The molecule has 5 nitrogen and oxygen atoms in total. The first-order valence-corrected chi connectivity index (χ1v) is 5.39. The molecule has 1 aliphatic heterocycles. The van der Waals surface area contributed by atoms with E-state index >= 15 is 0 Å². The molecule has 0 unspecified atom stereocenters. The summed E-state index contributed by atoms with van der Waals surface area (Å²) >= 11 is 0. The number of imidazole rings is 1. The first-order chi connectivity index (χ1) is 7.86. The lowest BCUT2D eigenvalue weighted by molar-refractivity contribution is -0.563. The number of anilines is 1. The number of H-pyrrole nitrogens is 1. The van der Waals surface area contributed by atoms with Crippen LogP contribution in [0.15, 0.2) is 24.3 Å². The molecule has 84 valence electrons. The van der Waals surface area contributed by atoms with Crippen LogP contribution in [0.2, 0.25) is 0 Å². The summed E-state index contributed by atoms with van der Waals surface area (Å²) < 4.78 is 6.23. The second kappa shape index (κ2) is 3.68. The van der Waals surface area contributed by atoms with Gasteiger partial charge in [0, 0.05) is 0 Å². The second-order valence-corrected chi connectivity index (χ2v) is 3.86. The predicted octanol–water partition coefficient (Wildman–Crippen LogP) is 0.638. The van der Waals surface area contributed by atoms with Crippen LogP contribution in [0.5, 0.6) is 0 Å². The average molecular weight is 219 g/mol. The van der Waals surface area contributed by atoms with Crippen LogP contribution in [-0.2, 0) is 4.74 Å². The molecule has 1 saturated heterocycles. The number of hydrogen-bond donors (Lipinski definition) is 1. The Morgan fingerprint density at radius 1 is 1.25 bits per heavy atom. The van der Waals surface area contributed by atoms with Crippen molar-refractivity contribution < 1.29 is 9.47 Å². The fourth-order valence-electron chi connectivity index (χ4n) is 2.02. The van der Waals surface area contributed by atoms with Gasteiger partial charge in [-0.25, -0.2) is 9.71 Å². The number of nitrogens with zero attached hydrogens (tertiary/aromatic N) is 2. The Kier molecular flexibility index (Phi) is 2.18. The van der Waals surface area contributed by atoms with E-state index in [1.54, 1.807) is 0 Å². The summed E-state index contributed by atoms with van der Waals surface area (Å²) in [5.41, 5.74) is 1.56. The number of morpholine rings is 1. The molecule has 1 fully saturated rings. The fraction of sp³-hybridized carbons (Fsp3) is 0.364. The fourth-order valence-corrected chi connectivity index (χ4v) is 2.02. The van der Waals surface area contributed by atoms with Crippen molar-refractivity contribution in [3.63, 3.8) is 0 Å². The number of ether oxygens (including phenoxy) is 1. The molecule has 0 amide bonds. The standard InChI is InChI=1S/C11H13N3O2/c15-14-10-4-2-1-3-9(10)12-11(14)13-5-7-16-8-6-13/h1-4,12H,5-8H2. The lowest BCUT2D eigenvalue weighted by atomic mass is 10.3. The minimum Gasteiger partial charge on any atom is -0.740 e. The molecular formula is C11H13N3O2. The van der Waals surface area contributed by atoms with Crippen molar-refractivity contribution >= 4 is 17.0 Å². The van der Waals surface area contributed by atoms with Crippen molar-refractivity contribution in [2.45, 2.75) is 0 Å². The van der Waals surface area contributed by atoms with Crippen molar-refractivity contribution in [2.24, 2.45) is 0 Å². The lowest BCUT2D eigenvalue weighted by Gasteiger charge is -2.23. The van der Waals surface area contributed by atoms with Crippen LogP contribution < -0.4 is 9.63 Å². The first kappa shape index (κ1) is 9.47. The number of benzene rings is 1. The van der Waals surface area contributed by atoms with E-state index in [9.17, 15) is 5.21 Å². The lowest BCUT2D eigenvalue weighted by Crippen LogP contribution is -2.43. The summed E-state index contributed by atoms with van der Waals surface area (Å²) in [5.74, 6) is 0.615. The number of aromatic nitrogens is 2. The van der Waals surface area contributed by atoms with Gasteiger partial charge in [-0.3, -0.25) is 4.90 Å². The summed E-state index contributed by atoms with van der Waals surface area (Å²) in [5, 5.41) is 12.0. The van der Waals surface area contributed by atoms with Gasteiger partial charge in [0.05, 0.1) is 26.3 Å². The quantitative estimate of drug-likeness (QED) is 0.565. The van der Waals surface area contributed by atoms with E-state index in [0.29, 0.717) is 24.7 Å². The monoisotopic (exact) mass is 219 g/mol. The molecule has 0 spiro atoms. The van der Waals surface area contributed by atoms with Gasteiger partial charge in [0.2, 0.25) is 0 Å². The maximum absolute atomic E-state index is 12.0. The molecule has 1 aliphatic rings. The van der Waals surface area contributed by atoms with Crippen molar-refractivity contribution in [1.82, 2.24) is 4.98 Å². The number of para-hydroxylation sites is 2. The number of rotatable bonds is 1. The Morgan fingerprint density at radius 3 is 2.75 bits per heavy atom. The largest absolute Gasteiger partial charge is 0.740 e. The van der Waals surface area contributed by atoms with E-state index in [-0.39, 0.29) is 0 Å². The molecule has 5 heteroatoms. The topological polar surface area (TPSA) is 55.2 Å².